The molecular weight excluding hydrogens is 418 g/mol. The number of carbonyl (C=O) groups excluding carboxylic acids is 2. The van der Waals surface area contributed by atoms with E-state index in [4.69, 9.17) is 9.47 Å². The van der Waals surface area contributed by atoms with E-state index < -0.39 is 5.97 Å². The van der Waals surface area contributed by atoms with Crippen LogP contribution in [0.3, 0.4) is 0 Å². The molecule has 1 amide bonds. The van der Waals surface area contributed by atoms with Crippen molar-refractivity contribution in [3.8, 4) is 5.75 Å². The fraction of sp³-hybridized carbons (Fsp3) is 0.346. The molecule has 0 saturated carbocycles. The Morgan fingerprint density at radius 2 is 1.70 bits per heavy atom. The van der Waals surface area contributed by atoms with E-state index in [2.05, 4.69) is 36.4 Å². The van der Waals surface area contributed by atoms with Crippen molar-refractivity contribution in [1.82, 2.24) is 15.1 Å². The van der Waals surface area contributed by atoms with Gasteiger partial charge in [0.05, 0.1) is 12.2 Å². The summed E-state index contributed by atoms with van der Waals surface area (Å²) >= 11 is 0. The van der Waals surface area contributed by atoms with Crippen molar-refractivity contribution in [1.29, 1.82) is 0 Å². The van der Waals surface area contributed by atoms with Crippen molar-refractivity contribution in [3.05, 3.63) is 82.7 Å². The van der Waals surface area contributed by atoms with Crippen LogP contribution in [0, 0.1) is 13.8 Å². The molecule has 0 aliphatic heterocycles. The lowest BCUT2D eigenvalue weighted by Gasteiger charge is -2.10. The van der Waals surface area contributed by atoms with Crippen LogP contribution in [0.5, 0.6) is 5.75 Å². The van der Waals surface area contributed by atoms with Crippen LogP contribution in [-0.2, 0) is 27.4 Å². The fourth-order valence-electron chi connectivity index (χ4n) is 3.42. The lowest BCUT2D eigenvalue weighted by Crippen LogP contribution is -2.29. The van der Waals surface area contributed by atoms with Crippen LogP contribution in [0.25, 0.3) is 0 Å². The molecule has 0 atom stereocenters. The minimum Gasteiger partial charge on any atom is -0.482 e. The molecule has 1 aromatic heterocycles. The van der Waals surface area contributed by atoms with Crippen LogP contribution in [0.2, 0.25) is 0 Å². The van der Waals surface area contributed by atoms with E-state index in [1.165, 1.54) is 5.56 Å². The van der Waals surface area contributed by atoms with Crippen LogP contribution in [-0.4, -0.2) is 34.9 Å². The lowest BCUT2D eigenvalue weighted by molar-refractivity contribution is -0.150. The molecule has 0 bridgehead atoms. The van der Waals surface area contributed by atoms with Gasteiger partial charge in [0.1, 0.15) is 5.75 Å². The third kappa shape index (κ3) is 6.94. The standard InChI is InChI=1S/C26H31N3O4/c1-18(2)22-10-12-23(13-11-22)32-17-26(31)33-16-25(30)27-14-24-19(3)28-29(20(24)4)15-21-8-6-5-7-9-21/h5-13,18H,14-17H2,1-4H3,(H,27,30). The van der Waals surface area contributed by atoms with Gasteiger partial charge in [-0.25, -0.2) is 4.79 Å². The second kappa shape index (κ2) is 11.3. The highest BCUT2D eigenvalue weighted by Gasteiger charge is 2.14. The maximum absolute atomic E-state index is 12.2. The first-order valence-corrected chi connectivity index (χ1v) is 11.1. The summed E-state index contributed by atoms with van der Waals surface area (Å²) in [7, 11) is 0. The fourth-order valence-corrected chi connectivity index (χ4v) is 3.42. The molecular formula is C26H31N3O4. The van der Waals surface area contributed by atoms with Gasteiger partial charge in [-0.15, -0.1) is 0 Å². The summed E-state index contributed by atoms with van der Waals surface area (Å²) in [5, 5.41) is 7.38. The van der Waals surface area contributed by atoms with Crippen molar-refractivity contribution in [2.45, 2.75) is 46.7 Å². The summed E-state index contributed by atoms with van der Waals surface area (Å²) in [4.78, 5) is 24.1. The van der Waals surface area contributed by atoms with E-state index in [9.17, 15) is 9.59 Å². The van der Waals surface area contributed by atoms with E-state index in [-0.39, 0.29) is 19.1 Å². The number of carbonyl (C=O) groups is 2. The number of amides is 1. The topological polar surface area (TPSA) is 82.5 Å². The van der Waals surface area contributed by atoms with Crippen LogP contribution in [0.15, 0.2) is 54.6 Å². The SMILES string of the molecule is Cc1nn(Cc2ccccc2)c(C)c1CNC(=O)COC(=O)COc1ccc(C(C)C)cc1. The summed E-state index contributed by atoms with van der Waals surface area (Å²) in [6.07, 6.45) is 0. The van der Waals surface area contributed by atoms with Crippen molar-refractivity contribution >= 4 is 11.9 Å². The highest BCUT2D eigenvalue weighted by Crippen LogP contribution is 2.18. The van der Waals surface area contributed by atoms with Gasteiger partial charge in [-0.2, -0.15) is 5.10 Å². The number of aromatic nitrogens is 2. The summed E-state index contributed by atoms with van der Waals surface area (Å²) in [5.74, 6) is 0.0351. The molecule has 0 aliphatic rings. The summed E-state index contributed by atoms with van der Waals surface area (Å²) in [5.41, 5.74) is 5.16. The molecule has 0 unspecified atom stereocenters. The first-order valence-electron chi connectivity index (χ1n) is 11.1. The maximum Gasteiger partial charge on any atom is 0.344 e. The van der Waals surface area contributed by atoms with Gasteiger partial charge in [0, 0.05) is 17.8 Å². The highest BCUT2D eigenvalue weighted by molar-refractivity contribution is 5.80. The van der Waals surface area contributed by atoms with E-state index in [0.717, 1.165) is 22.5 Å². The van der Waals surface area contributed by atoms with Crippen molar-refractivity contribution in [2.24, 2.45) is 0 Å². The Labute approximate surface area is 194 Å². The Hall–Kier alpha value is -3.61. The number of esters is 1. The Bertz CT molecular complexity index is 1070. The van der Waals surface area contributed by atoms with Gasteiger partial charge in [-0.3, -0.25) is 9.48 Å². The Morgan fingerprint density at radius 1 is 1.00 bits per heavy atom. The van der Waals surface area contributed by atoms with E-state index in [1.54, 1.807) is 0 Å². The van der Waals surface area contributed by atoms with Crippen LogP contribution < -0.4 is 10.1 Å². The average molecular weight is 450 g/mol. The summed E-state index contributed by atoms with van der Waals surface area (Å²) < 4.78 is 12.4. The van der Waals surface area contributed by atoms with Crippen LogP contribution in [0.4, 0.5) is 0 Å². The highest BCUT2D eigenvalue weighted by atomic mass is 16.6. The number of aryl methyl sites for hydroxylation is 1. The zero-order valence-corrected chi connectivity index (χ0v) is 19.6. The molecule has 1 heterocycles. The smallest absolute Gasteiger partial charge is 0.344 e. The van der Waals surface area contributed by atoms with Gasteiger partial charge in [0.25, 0.3) is 5.91 Å². The molecule has 0 spiro atoms. The zero-order chi connectivity index (χ0) is 23.8. The summed E-state index contributed by atoms with van der Waals surface area (Å²) in [6.45, 7) is 8.50. The molecule has 0 aliphatic carbocycles. The molecule has 7 heteroatoms. The van der Waals surface area contributed by atoms with Crippen molar-refractivity contribution in [3.63, 3.8) is 0 Å². The van der Waals surface area contributed by atoms with Gasteiger partial charge in [-0.05, 0) is 43.0 Å². The van der Waals surface area contributed by atoms with Gasteiger partial charge in [0.2, 0.25) is 0 Å². The number of hydrogen-bond acceptors (Lipinski definition) is 5. The number of hydrogen-bond donors (Lipinski definition) is 1. The van der Waals surface area contributed by atoms with Gasteiger partial charge < -0.3 is 14.8 Å². The van der Waals surface area contributed by atoms with Gasteiger partial charge in [0.15, 0.2) is 13.2 Å². The van der Waals surface area contributed by atoms with Crippen LogP contribution in [0.1, 0.15) is 47.8 Å². The molecule has 0 radical (unpaired) electrons. The second-order valence-corrected chi connectivity index (χ2v) is 8.24. The Kier molecular flexibility index (Phi) is 8.24. The molecule has 3 rings (SSSR count). The third-order valence-corrected chi connectivity index (χ3v) is 5.44. The monoisotopic (exact) mass is 449 g/mol. The Balaban J connectivity index is 1.42. The van der Waals surface area contributed by atoms with Gasteiger partial charge >= 0.3 is 5.97 Å². The zero-order valence-electron chi connectivity index (χ0n) is 19.6. The lowest BCUT2D eigenvalue weighted by atomic mass is 10.0. The third-order valence-electron chi connectivity index (χ3n) is 5.44. The minimum atomic E-state index is -0.596. The average Bonchev–Trinajstić information content (AvgIpc) is 3.07. The number of benzene rings is 2. The number of nitrogens with one attached hydrogen (secondary N) is 1. The molecule has 0 saturated heterocycles. The maximum atomic E-state index is 12.2. The number of ether oxygens (including phenoxy) is 2. The van der Waals surface area contributed by atoms with E-state index >= 15 is 0 Å². The molecule has 3 aromatic rings. The molecule has 2 aromatic carbocycles. The second-order valence-electron chi connectivity index (χ2n) is 8.24. The van der Waals surface area contributed by atoms with E-state index in [1.807, 2.05) is 61.0 Å². The predicted molar refractivity (Wildman–Crippen MR) is 126 cm³/mol. The number of rotatable bonds is 10. The first kappa shape index (κ1) is 24.0. The molecule has 7 nitrogen and oxygen atoms in total. The molecule has 174 valence electrons. The van der Waals surface area contributed by atoms with Gasteiger partial charge in [-0.1, -0.05) is 56.3 Å². The Morgan fingerprint density at radius 3 is 2.36 bits per heavy atom. The first-order chi connectivity index (χ1) is 15.8. The largest absolute Gasteiger partial charge is 0.482 e. The van der Waals surface area contributed by atoms with E-state index in [0.29, 0.717) is 24.8 Å². The number of nitrogens with zero attached hydrogens (tertiary/aromatic N) is 2. The molecule has 1 N–H and O–H groups in total. The predicted octanol–water partition coefficient (Wildman–Crippen LogP) is 3.91. The minimum absolute atomic E-state index is 0.251. The van der Waals surface area contributed by atoms with Crippen molar-refractivity contribution in [2.75, 3.05) is 13.2 Å². The summed E-state index contributed by atoms with van der Waals surface area (Å²) in [6, 6.07) is 17.6. The van der Waals surface area contributed by atoms with Crippen LogP contribution >= 0.6 is 0 Å². The molecule has 0 fully saturated rings. The quantitative estimate of drug-likeness (QED) is 0.475. The van der Waals surface area contributed by atoms with Crippen molar-refractivity contribution < 1.29 is 19.1 Å². The normalized spacial score (nSPS) is 10.8. The molecule has 33 heavy (non-hydrogen) atoms.